The van der Waals surface area contributed by atoms with Crippen molar-refractivity contribution < 1.29 is 14.3 Å². The van der Waals surface area contributed by atoms with Gasteiger partial charge >= 0.3 is 0 Å². The summed E-state index contributed by atoms with van der Waals surface area (Å²) in [4.78, 5) is 12.4. The second kappa shape index (κ2) is 11.3. The van der Waals surface area contributed by atoms with Crippen molar-refractivity contribution in [1.82, 2.24) is 5.43 Å². The van der Waals surface area contributed by atoms with Crippen molar-refractivity contribution in [2.24, 2.45) is 5.10 Å². The fourth-order valence-electron chi connectivity index (χ4n) is 3.57. The van der Waals surface area contributed by atoms with E-state index >= 15 is 0 Å². The lowest BCUT2D eigenvalue weighted by atomic mass is 10.0. The maximum atomic E-state index is 12.4. The Bertz CT molecular complexity index is 1300. The Kier molecular flexibility index (Phi) is 7.79. The van der Waals surface area contributed by atoms with Gasteiger partial charge in [0.25, 0.3) is 0 Å². The second-order valence-corrected chi connectivity index (χ2v) is 8.03. The molecular formula is C28H25ClN2O3. The van der Waals surface area contributed by atoms with Crippen molar-refractivity contribution in [2.45, 2.75) is 20.0 Å². The standard InChI is InChI=1S/C28H25ClN2O3/c1-2-33-23-14-11-20(12-15-23)17-28(32)31-30-18-25-24-9-5-3-7-21(24)13-16-27(25)34-19-22-8-4-6-10-26(22)29/h3-16,18H,2,17,19H2,1H3,(H,31,32)/b30-18-. The van der Waals surface area contributed by atoms with Crippen LogP contribution in [0, 0.1) is 0 Å². The first kappa shape index (κ1) is 23.3. The summed E-state index contributed by atoms with van der Waals surface area (Å²) >= 11 is 6.27. The molecule has 1 amide bonds. The molecule has 0 atom stereocenters. The van der Waals surface area contributed by atoms with Crippen molar-refractivity contribution >= 4 is 34.5 Å². The minimum absolute atomic E-state index is 0.209. The molecule has 0 spiro atoms. The van der Waals surface area contributed by atoms with Crippen molar-refractivity contribution in [3.63, 3.8) is 0 Å². The molecule has 0 bridgehead atoms. The van der Waals surface area contributed by atoms with Gasteiger partial charge in [-0.05, 0) is 47.5 Å². The fourth-order valence-corrected chi connectivity index (χ4v) is 3.76. The van der Waals surface area contributed by atoms with E-state index in [1.165, 1.54) is 0 Å². The molecule has 6 heteroatoms. The topological polar surface area (TPSA) is 59.9 Å². The van der Waals surface area contributed by atoms with Crippen molar-refractivity contribution in [2.75, 3.05) is 6.61 Å². The Morgan fingerprint density at radius 2 is 1.71 bits per heavy atom. The van der Waals surface area contributed by atoms with E-state index in [2.05, 4.69) is 10.5 Å². The third kappa shape index (κ3) is 5.94. The average molecular weight is 473 g/mol. The number of halogens is 1. The van der Waals surface area contributed by atoms with Gasteiger partial charge in [-0.1, -0.05) is 72.3 Å². The van der Waals surface area contributed by atoms with Gasteiger partial charge in [0.1, 0.15) is 18.1 Å². The highest BCUT2D eigenvalue weighted by atomic mass is 35.5. The minimum atomic E-state index is -0.209. The molecule has 0 saturated heterocycles. The zero-order valence-electron chi connectivity index (χ0n) is 18.8. The number of carbonyl (C=O) groups excluding carboxylic acids is 1. The van der Waals surface area contributed by atoms with Crippen LogP contribution in [-0.4, -0.2) is 18.7 Å². The number of nitrogens with one attached hydrogen (secondary N) is 1. The van der Waals surface area contributed by atoms with E-state index in [0.29, 0.717) is 24.0 Å². The summed E-state index contributed by atoms with van der Waals surface area (Å²) in [5.74, 6) is 1.23. The molecule has 172 valence electrons. The van der Waals surface area contributed by atoms with Crippen molar-refractivity contribution in [3.8, 4) is 11.5 Å². The molecule has 0 aliphatic heterocycles. The maximum Gasteiger partial charge on any atom is 0.244 e. The number of carbonyl (C=O) groups is 1. The quantitative estimate of drug-likeness (QED) is 0.234. The largest absolute Gasteiger partial charge is 0.494 e. The highest BCUT2D eigenvalue weighted by Gasteiger charge is 2.09. The summed E-state index contributed by atoms with van der Waals surface area (Å²) in [6.45, 7) is 2.86. The number of ether oxygens (including phenoxy) is 2. The molecule has 0 unspecified atom stereocenters. The van der Waals surface area contributed by atoms with Gasteiger partial charge in [0, 0.05) is 16.1 Å². The Hall–Kier alpha value is -3.83. The molecule has 0 aliphatic carbocycles. The van der Waals surface area contributed by atoms with Crippen LogP contribution in [0.15, 0.2) is 90.0 Å². The molecule has 34 heavy (non-hydrogen) atoms. The molecule has 0 heterocycles. The first-order valence-electron chi connectivity index (χ1n) is 11.1. The Morgan fingerprint density at radius 1 is 0.941 bits per heavy atom. The first-order chi connectivity index (χ1) is 16.6. The van der Waals surface area contributed by atoms with E-state index in [-0.39, 0.29) is 12.3 Å². The molecule has 5 nitrogen and oxygen atoms in total. The van der Waals surface area contributed by atoms with Gasteiger partial charge in [0.05, 0.1) is 19.2 Å². The number of nitrogens with zero attached hydrogens (tertiary/aromatic N) is 1. The van der Waals surface area contributed by atoms with Crippen LogP contribution < -0.4 is 14.9 Å². The van der Waals surface area contributed by atoms with E-state index in [4.69, 9.17) is 21.1 Å². The maximum absolute atomic E-state index is 12.4. The van der Waals surface area contributed by atoms with E-state index < -0.39 is 0 Å². The average Bonchev–Trinajstić information content (AvgIpc) is 2.85. The smallest absolute Gasteiger partial charge is 0.244 e. The number of rotatable bonds is 9. The first-order valence-corrected chi connectivity index (χ1v) is 11.4. The summed E-state index contributed by atoms with van der Waals surface area (Å²) in [6, 6.07) is 26.9. The van der Waals surface area contributed by atoms with Gasteiger partial charge < -0.3 is 9.47 Å². The van der Waals surface area contributed by atoms with Crippen LogP contribution in [0.1, 0.15) is 23.6 Å². The second-order valence-electron chi connectivity index (χ2n) is 7.63. The van der Waals surface area contributed by atoms with Crippen LogP contribution in [0.3, 0.4) is 0 Å². The minimum Gasteiger partial charge on any atom is -0.494 e. The van der Waals surface area contributed by atoms with E-state index in [9.17, 15) is 4.79 Å². The molecule has 4 aromatic rings. The number of hydrazone groups is 1. The van der Waals surface area contributed by atoms with Gasteiger partial charge in [-0.2, -0.15) is 5.10 Å². The zero-order chi connectivity index (χ0) is 23.8. The highest BCUT2D eigenvalue weighted by molar-refractivity contribution is 6.31. The molecular weight excluding hydrogens is 448 g/mol. The molecule has 4 rings (SSSR count). The normalized spacial score (nSPS) is 11.0. The van der Waals surface area contributed by atoms with Crippen molar-refractivity contribution in [3.05, 3.63) is 107 Å². The van der Waals surface area contributed by atoms with Gasteiger partial charge in [0.15, 0.2) is 0 Å². The molecule has 0 fully saturated rings. The molecule has 1 N–H and O–H groups in total. The summed E-state index contributed by atoms with van der Waals surface area (Å²) < 4.78 is 11.5. The number of fused-ring (bicyclic) bond motifs is 1. The summed E-state index contributed by atoms with van der Waals surface area (Å²) in [6.07, 6.45) is 1.84. The third-order valence-corrected chi connectivity index (χ3v) is 5.62. The summed E-state index contributed by atoms with van der Waals surface area (Å²) in [5.41, 5.74) is 5.17. The number of hydrogen-bond donors (Lipinski definition) is 1. The van der Waals surface area contributed by atoms with Crippen molar-refractivity contribution in [1.29, 1.82) is 0 Å². The Labute approximate surface area is 204 Å². The van der Waals surface area contributed by atoms with Gasteiger partial charge in [0.2, 0.25) is 5.91 Å². The monoisotopic (exact) mass is 472 g/mol. The lowest BCUT2D eigenvalue weighted by Gasteiger charge is -2.12. The van der Waals surface area contributed by atoms with Crippen LogP contribution in [0.5, 0.6) is 11.5 Å². The van der Waals surface area contributed by atoms with Gasteiger partial charge in [-0.15, -0.1) is 0 Å². The van der Waals surface area contributed by atoms with Gasteiger partial charge in [-0.25, -0.2) is 5.43 Å². The van der Waals surface area contributed by atoms with Crippen LogP contribution in [0.25, 0.3) is 10.8 Å². The molecule has 4 aromatic carbocycles. The number of benzene rings is 4. The van der Waals surface area contributed by atoms with Crippen LogP contribution in [0.2, 0.25) is 5.02 Å². The molecule has 0 aromatic heterocycles. The molecule has 0 radical (unpaired) electrons. The SMILES string of the molecule is CCOc1ccc(CC(=O)N/N=C\c2c(OCc3ccccc3Cl)ccc3ccccc23)cc1. The number of amides is 1. The summed E-state index contributed by atoms with van der Waals surface area (Å²) in [7, 11) is 0. The van der Waals surface area contributed by atoms with Crippen LogP contribution in [-0.2, 0) is 17.8 Å². The predicted octanol–water partition coefficient (Wildman–Crippen LogP) is 6.16. The van der Waals surface area contributed by atoms with Gasteiger partial charge in [-0.3, -0.25) is 4.79 Å². The Morgan fingerprint density at radius 3 is 2.50 bits per heavy atom. The predicted molar refractivity (Wildman–Crippen MR) is 137 cm³/mol. The summed E-state index contributed by atoms with van der Waals surface area (Å²) in [5, 5.41) is 6.89. The van der Waals surface area contributed by atoms with E-state index in [1.54, 1.807) is 6.21 Å². The highest BCUT2D eigenvalue weighted by Crippen LogP contribution is 2.28. The lowest BCUT2D eigenvalue weighted by molar-refractivity contribution is -0.120. The lowest BCUT2D eigenvalue weighted by Crippen LogP contribution is -2.19. The van der Waals surface area contributed by atoms with E-state index in [1.807, 2.05) is 91.9 Å². The third-order valence-electron chi connectivity index (χ3n) is 5.25. The molecule has 0 aliphatic rings. The van der Waals surface area contributed by atoms with E-state index in [0.717, 1.165) is 33.2 Å². The number of hydrogen-bond acceptors (Lipinski definition) is 4. The Balaban J connectivity index is 1.48. The zero-order valence-corrected chi connectivity index (χ0v) is 19.6. The molecule has 0 saturated carbocycles. The van der Waals surface area contributed by atoms with Crippen LogP contribution >= 0.6 is 11.6 Å². The van der Waals surface area contributed by atoms with Crippen LogP contribution in [0.4, 0.5) is 0 Å². The fraction of sp³-hybridized carbons (Fsp3) is 0.143.